The second-order valence-electron chi connectivity index (χ2n) is 7.66. The lowest BCUT2D eigenvalue weighted by Gasteiger charge is -2.31. The normalized spacial score (nSPS) is 15.2. The Morgan fingerprint density at radius 2 is 1.71 bits per heavy atom. The van der Waals surface area contributed by atoms with Crippen LogP contribution in [0.15, 0.2) is 42.5 Å². The Kier molecular flexibility index (Phi) is 6.02. The topological polar surface area (TPSA) is 45.6 Å². The summed E-state index contributed by atoms with van der Waals surface area (Å²) in [5, 5.41) is 0. The SMILES string of the molecule is Cc1cc(/C=C/C(=O)N2CCC(C(=O)N(C)C)CC2)c(C)n1-c1ccccc1. The third-order valence-corrected chi connectivity index (χ3v) is 5.49. The van der Waals surface area contributed by atoms with Crippen molar-refractivity contribution in [2.75, 3.05) is 27.2 Å². The highest BCUT2D eigenvalue weighted by atomic mass is 16.2. The van der Waals surface area contributed by atoms with E-state index in [1.165, 1.54) is 0 Å². The lowest BCUT2D eigenvalue weighted by atomic mass is 9.95. The Balaban J connectivity index is 1.67. The van der Waals surface area contributed by atoms with Crippen molar-refractivity contribution in [3.05, 3.63) is 59.4 Å². The van der Waals surface area contributed by atoms with Crippen molar-refractivity contribution >= 4 is 17.9 Å². The molecule has 1 fully saturated rings. The van der Waals surface area contributed by atoms with Gasteiger partial charge < -0.3 is 14.4 Å². The zero-order valence-corrected chi connectivity index (χ0v) is 17.2. The van der Waals surface area contributed by atoms with Gasteiger partial charge in [-0.15, -0.1) is 0 Å². The molecule has 0 saturated carbocycles. The first-order valence-electron chi connectivity index (χ1n) is 9.81. The van der Waals surface area contributed by atoms with Gasteiger partial charge in [-0.3, -0.25) is 9.59 Å². The van der Waals surface area contributed by atoms with Gasteiger partial charge >= 0.3 is 0 Å². The lowest BCUT2D eigenvalue weighted by Crippen LogP contribution is -2.42. The van der Waals surface area contributed by atoms with Gasteiger partial charge in [-0.25, -0.2) is 0 Å². The van der Waals surface area contributed by atoms with Crippen LogP contribution in [0.5, 0.6) is 0 Å². The minimum Gasteiger partial charge on any atom is -0.349 e. The Hall–Kier alpha value is -2.82. The Bertz CT molecular complexity index is 873. The molecule has 5 heteroatoms. The third-order valence-electron chi connectivity index (χ3n) is 5.49. The number of nitrogens with zero attached hydrogens (tertiary/aromatic N) is 3. The van der Waals surface area contributed by atoms with Gasteiger partial charge in [0.1, 0.15) is 0 Å². The molecular formula is C23H29N3O2. The number of carbonyl (C=O) groups is 2. The van der Waals surface area contributed by atoms with E-state index in [4.69, 9.17) is 0 Å². The highest BCUT2D eigenvalue weighted by Gasteiger charge is 2.27. The molecular weight excluding hydrogens is 350 g/mol. The van der Waals surface area contributed by atoms with E-state index < -0.39 is 0 Å². The van der Waals surface area contributed by atoms with Gasteiger partial charge in [0, 0.05) is 56.3 Å². The lowest BCUT2D eigenvalue weighted by molar-refractivity contribution is -0.137. The first-order valence-corrected chi connectivity index (χ1v) is 9.81. The number of benzene rings is 1. The molecule has 1 saturated heterocycles. The van der Waals surface area contributed by atoms with Gasteiger partial charge in [-0.1, -0.05) is 18.2 Å². The fourth-order valence-electron chi connectivity index (χ4n) is 3.91. The average molecular weight is 380 g/mol. The molecule has 2 aromatic rings. The second kappa shape index (κ2) is 8.46. The first kappa shape index (κ1) is 19.9. The number of carbonyl (C=O) groups excluding carboxylic acids is 2. The molecule has 0 atom stereocenters. The van der Waals surface area contributed by atoms with Crippen LogP contribution in [0.3, 0.4) is 0 Å². The minimum atomic E-state index is 0.0141. The first-order chi connectivity index (χ1) is 13.4. The summed E-state index contributed by atoms with van der Waals surface area (Å²) < 4.78 is 2.20. The zero-order valence-electron chi connectivity index (χ0n) is 17.2. The van der Waals surface area contributed by atoms with Crippen LogP contribution in [0.25, 0.3) is 11.8 Å². The van der Waals surface area contributed by atoms with Gasteiger partial charge in [-0.2, -0.15) is 0 Å². The number of hydrogen-bond donors (Lipinski definition) is 0. The van der Waals surface area contributed by atoms with Gasteiger partial charge in [0.05, 0.1) is 0 Å². The molecule has 1 aromatic carbocycles. The van der Waals surface area contributed by atoms with Crippen LogP contribution >= 0.6 is 0 Å². The summed E-state index contributed by atoms with van der Waals surface area (Å²) in [6.07, 6.45) is 5.03. The molecule has 0 bridgehead atoms. The number of aryl methyl sites for hydroxylation is 1. The highest BCUT2D eigenvalue weighted by molar-refractivity contribution is 5.92. The van der Waals surface area contributed by atoms with Crippen LogP contribution in [0.4, 0.5) is 0 Å². The third kappa shape index (κ3) is 4.19. The smallest absolute Gasteiger partial charge is 0.246 e. The predicted molar refractivity (Wildman–Crippen MR) is 112 cm³/mol. The van der Waals surface area contributed by atoms with E-state index in [2.05, 4.69) is 36.6 Å². The van der Waals surface area contributed by atoms with Crippen LogP contribution in [-0.2, 0) is 9.59 Å². The molecule has 3 rings (SSSR count). The number of amides is 2. The van der Waals surface area contributed by atoms with Gasteiger partial charge in [0.2, 0.25) is 11.8 Å². The van der Waals surface area contributed by atoms with E-state index in [0.717, 1.165) is 35.5 Å². The molecule has 0 N–H and O–H groups in total. The summed E-state index contributed by atoms with van der Waals surface area (Å²) in [6, 6.07) is 12.3. The molecule has 2 amide bonds. The molecule has 5 nitrogen and oxygen atoms in total. The van der Waals surface area contributed by atoms with Crippen molar-refractivity contribution in [3.8, 4) is 5.69 Å². The van der Waals surface area contributed by atoms with E-state index in [9.17, 15) is 9.59 Å². The molecule has 1 aliphatic heterocycles. The fourth-order valence-corrected chi connectivity index (χ4v) is 3.91. The van der Waals surface area contributed by atoms with Crippen molar-refractivity contribution in [1.82, 2.24) is 14.4 Å². The van der Waals surface area contributed by atoms with E-state index in [1.807, 2.05) is 29.2 Å². The van der Waals surface area contributed by atoms with Crippen molar-refractivity contribution in [2.24, 2.45) is 5.92 Å². The van der Waals surface area contributed by atoms with Gasteiger partial charge in [0.25, 0.3) is 0 Å². The van der Waals surface area contributed by atoms with Crippen molar-refractivity contribution in [1.29, 1.82) is 0 Å². The monoisotopic (exact) mass is 379 g/mol. The average Bonchev–Trinajstić information content (AvgIpc) is 2.99. The van der Waals surface area contributed by atoms with Crippen LogP contribution in [0.2, 0.25) is 0 Å². The van der Waals surface area contributed by atoms with Crippen LogP contribution in [-0.4, -0.2) is 53.4 Å². The largest absolute Gasteiger partial charge is 0.349 e. The van der Waals surface area contributed by atoms with E-state index in [0.29, 0.717) is 13.1 Å². The predicted octanol–water partition coefficient (Wildman–Crippen LogP) is 3.43. The molecule has 1 aromatic heterocycles. The summed E-state index contributed by atoms with van der Waals surface area (Å²) in [5.41, 5.74) is 4.42. The summed E-state index contributed by atoms with van der Waals surface area (Å²) in [5.74, 6) is 0.212. The maximum Gasteiger partial charge on any atom is 0.246 e. The molecule has 2 heterocycles. The molecule has 0 unspecified atom stereocenters. The Morgan fingerprint density at radius 3 is 2.32 bits per heavy atom. The maximum absolute atomic E-state index is 12.6. The minimum absolute atomic E-state index is 0.0141. The molecule has 148 valence electrons. The number of aromatic nitrogens is 1. The van der Waals surface area contributed by atoms with Crippen molar-refractivity contribution in [3.63, 3.8) is 0 Å². The summed E-state index contributed by atoms with van der Waals surface area (Å²) in [4.78, 5) is 28.2. The molecule has 0 aliphatic carbocycles. The van der Waals surface area contributed by atoms with Crippen LogP contribution in [0.1, 0.15) is 29.8 Å². The highest BCUT2D eigenvalue weighted by Crippen LogP contribution is 2.23. The molecule has 1 aliphatic rings. The molecule has 0 radical (unpaired) electrons. The van der Waals surface area contributed by atoms with E-state index in [-0.39, 0.29) is 17.7 Å². The van der Waals surface area contributed by atoms with Crippen LogP contribution < -0.4 is 0 Å². The van der Waals surface area contributed by atoms with Crippen molar-refractivity contribution < 1.29 is 9.59 Å². The molecule has 0 spiro atoms. The summed E-state index contributed by atoms with van der Waals surface area (Å²) in [7, 11) is 3.57. The van der Waals surface area contributed by atoms with E-state index >= 15 is 0 Å². The van der Waals surface area contributed by atoms with Crippen LogP contribution in [0, 0.1) is 19.8 Å². The number of piperidine rings is 1. The fraction of sp³-hybridized carbons (Fsp3) is 0.391. The zero-order chi connectivity index (χ0) is 20.3. The van der Waals surface area contributed by atoms with Crippen molar-refractivity contribution in [2.45, 2.75) is 26.7 Å². The summed E-state index contributed by atoms with van der Waals surface area (Å²) >= 11 is 0. The summed E-state index contributed by atoms with van der Waals surface area (Å²) in [6.45, 7) is 5.42. The standard InChI is InChI=1S/C23H29N3O2/c1-17-16-20(18(2)26(17)21-8-6-5-7-9-21)10-11-22(27)25-14-12-19(13-15-25)23(28)24(3)4/h5-11,16,19H,12-15H2,1-4H3/b11-10+. The van der Waals surface area contributed by atoms with E-state index in [1.54, 1.807) is 25.1 Å². The number of rotatable bonds is 4. The number of hydrogen-bond acceptors (Lipinski definition) is 2. The maximum atomic E-state index is 12.6. The Labute approximate surface area is 167 Å². The molecule has 28 heavy (non-hydrogen) atoms. The Morgan fingerprint density at radius 1 is 1.07 bits per heavy atom. The van der Waals surface area contributed by atoms with Gasteiger partial charge in [0.15, 0.2) is 0 Å². The second-order valence-corrected chi connectivity index (χ2v) is 7.66. The quantitative estimate of drug-likeness (QED) is 0.764. The van der Waals surface area contributed by atoms with Gasteiger partial charge in [-0.05, 0) is 56.5 Å². The number of para-hydroxylation sites is 1. The number of likely N-dealkylation sites (tertiary alicyclic amines) is 1.